The van der Waals surface area contributed by atoms with E-state index in [1.807, 2.05) is 6.07 Å². The number of aliphatic hydroxyl groups is 1. The van der Waals surface area contributed by atoms with Gasteiger partial charge in [0.15, 0.2) is 0 Å². The molecule has 0 bridgehead atoms. The lowest BCUT2D eigenvalue weighted by atomic mass is 9.88. The van der Waals surface area contributed by atoms with Crippen molar-refractivity contribution in [3.8, 4) is 0 Å². The van der Waals surface area contributed by atoms with Gasteiger partial charge in [-0.25, -0.2) is 0 Å². The molecule has 1 aromatic heterocycles. The molecule has 1 aromatic rings. The van der Waals surface area contributed by atoms with Crippen LogP contribution >= 0.6 is 0 Å². The van der Waals surface area contributed by atoms with Gasteiger partial charge in [-0.05, 0) is 23.5 Å². The highest BCUT2D eigenvalue weighted by atomic mass is 16.3. The quantitative estimate of drug-likeness (QED) is 0.821. The zero-order valence-electron chi connectivity index (χ0n) is 11.2. The first kappa shape index (κ1) is 13.0. The summed E-state index contributed by atoms with van der Waals surface area (Å²) in [7, 11) is 0. The molecule has 1 aliphatic heterocycles. The molecule has 1 aliphatic rings. The number of β-amino-alcohol motifs (C(OH)–C–C–N with tert-alkyl or cyclic N) is 1. The Labute approximate surface area is 108 Å². The van der Waals surface area contributed by atoms with Gasteiger partial charge in [-0.1, -0.05) is 26.8 Å². The van der Waals surface area contributed by atoms with Crippen molar-refractivity contribution in [1.29, 1.82) is 0 Å². The van der Waals surface area contributed by atoms with E-state index in [1.165, 1.54) is 0 Å². The molecule has 0 spiro atoms. The van der Waals surface area contributed by atoms with Crippen LogP contribution in [0.5, 0.6) is 0 Å². The standard InChI is InChI=1S/C14H20N2O2/c1-14(2,3)10-4-5-12(15-8-10)13(18)16-7-6-11(17)9-16/h4-5,8,11,17H,6-7,9H2,1-3H3/t11-/m1/s1. The molecule has 0 saturated carbocycles. The number of pyridine rings is 1. The third kappa shape index (κ3) is 2.70. The molecule has 2 heterocycles. The van der Waals surface area contributed by atoms with E-state index < -0.39 is 0 Å². The maximum Gasteiger partial charge on any atom is 0.272 e. The zero-order valence-corrected chi connectivity index (χ0v) is 11.2. The van der Waals surface area contributed by atoms with Crippen LogP contribution in [-0.2, 0) is 5.41 Å². The summed E-state index contributed by atoms with van der Waals surface area (Å²) >= 11 is 0. The summed E-state index contributed by atoms with van der Waals surface area (Å²) in [5.74, 6) is -0.0907. The van der Waals surface area contributed by atoms with Crippen LogP contribution in [0.2, 0.25) is 0 Å². The summed E-state index contributed by atoms with van der Waals surface area (Å²) in [4.78, 5) is 18.0. The van der Waals surface area contributed by atoms with Gasteiger partial charge in [0.25, 0.3) is 5.91 Å². The summed E-state index contributed by atoms with van der Waals surface area (Å²) in [6.07, 6.45) is 2.04. The summed E-state index contributed by atoms with van der Waals surface area (Å²) in [5.41, 5.74) is 1.61. The Bertz CT molecular complexity index is 434. The van der Waals surface area contributed by atoms with Crippen LogP contribution in [-0.4, -0.2) is 40.1 Å². The molecule has 1 amide bonds. The molecule has 0 radical (unpaired) electrons. The number of hydrogen-bond acceptors (Lipinski definition) is 3. The van der Waals surface area contributed by atoms with E-state index in [0.717, 1.165) is 5.56 Å². The lowest BCUT2D eigenvalue weighted by Crippen LogP contribution is -2.30. The summed E-state index contributed by atoms with van der Waals surface area (Å²) in [5, 5.41) is 9.43. The second kappa shape index (κ2) is 4.69. The minimum Gasteiger partial charge on any atom is -0.391 e. The van der Waals surface area contributed by atoms with Crippen LogP contribution in [0.1, 0.15) is 43.2 Å². The number of carbonyl (C=O) groups is 1. The van der Waals surface area contributed by atoms with Gasteiger partial charge in [-0.2, -0.15) is 0 Å². The zero-order chi connectivity index (χ0) is 13.3. The molecular weight excluding hydrogens is 228 g/mol. The van der Waals surface area contributed by atoms with Crippen LogP contribution in [0.4, 0.5) is 0 Å². The van der Waals surface area contributed by atoms with E-state index in [-0.39, 0.29) is 17.4 Å². The largest absolute Gasteiger partial charge is 0.391 e. The highest BCUT2D eigenvalue weighted by Crippen LogP contribution is 2.21. The van der Waals surface area contributed by atoms with Gasteiger partial charge in [0.2, 0.25) is 0 Å². The fourth-order valence-corrected chi connectivity index (χ4v) is 2.05. The molecule has 1 saturated heterocycles. The van der Waals surface area contributed by atoms with Crippen molar-refractivity contribution >= 4 is 5.91 Å². The molecule has 0 unspecified atom stereocenters. The molecule has 4 nitrogen and oxygen atoms in total. The Morgan fingerprint density at radius 3 is 2.61 bits per heavy atom. The van der Waals surface area contributed by atoms with Crippen LogP contribution in [0.15, 0.2) is 18.3 Å². The van der Waals surface area contributed by atoms with Gasteiger partial charge >= 0.3 is 0 Å². The first-order valence-corrected chi connectivity index (χ1v) is 6.32. The number of rotatable bonds is 1. The molecule has 18 heavy (non-hydrogen) atoms. The fourth-order valence-electron chi connectivity index (χ4n) is 2.05. The smallest absolute Gasteiger partial charge is 0.272 e. The van der Waals surface area contributed by atoms with Crippen LogP contribution < -0.4 is 0 Å². The predicted octanol–water partition coefficient (Wildman–Crippen LogP) is 1.59. The topological polar surface area (TPSA) is 53.4 Å². The minimum atomic E-state index is -0.386. The first-order chi connectivity index (χ1) is 8.38. The average Bonchev–Trinajstić information content (AvgIpc) is 2.74. The summed E-state index contributed by atoms with van der Waals surface area (Å²) < 4.78 is 0. The molecule has 2 rings (SSSR count). The number of carbonyl (C=O) groups excluding carboxylic acids is 1. The number of aromatic nitrogens is 1. The number of amides is 1. The number of nitrogens with zero attached hydrogens (tertiary/aromatic N) is 2. The molecule has 4 heteroatoms. The maximum atomic E-state index is 12.1. The lowest BCUT2D eigenvalue weighted by molar-refractivity contribution is 0.0759. The molecule has 0 aromatic carbocycles. The van der Waals surface area contributed by atoms with Crippen LogP contribution in [0.3, 0.4) is 0 Å². The van der Waals surface area contributed by atoms with Crippen molar-refractivity contribution in [2.24, 2.45) is 0 Å². The third-order valence-corrected chi connectivity index (χ3v) is 3.30. The van der Waals surface area contributed by atoms with E-state index in [1.54, 1.807) is 17.2 Å². The van der Waals surface area contributed by atoms with E-state index in [4.69, 9.17) is 0 Å². The van der Waals surface area contributed by atoms with Gasteiger partial charge in [0.05, 0.1) is 6.10 Å². The Morgan fingerprint density at radius 2 is 2.17 bits per heavy atom. The normalized spacial score (nSPS) is 20.2. The third-order valence-electron chi connectivity index (χ3n) is 3.30. The van der Waals surface area contributed by atoms with E-state index in [2.05, 4.69) is 25.8 Å². The average molecular weight is 248 g/mol. The van der Waals surface area contributed by atoms with Gasteiger partial charge in [-0.15, -0.1) is 0 Å². The Hall–Kier alpha value is -1.42. The van der Waals surface area contributed by atoms with Gasteiger partial charge in [0, 0.05) is 19.3 Å². The highest BCUT2D eigenvalue weighted by Gasteiger charge is 2.26. The predicted molar refractivity (Wildman–Crippen MR) is 69.5 cm³/mol. The van der Waals surface area contributed by atoms with E-state index in [0.29, 0.717) is 25.2 Å². The molecule has 1 N–H and O–H groups in total. The molecular formula is C14H20N2O2. The summed E-state index contributed by atoms with van der Waals surface area (Å²) in [6.45, 7) is 7.37. The molecule has 1 atom stereocenters. The monoisotopic (exact) mass is 248 g/mol. The van der Waals surface area contributed by atoms with Gasteiger partial charge in [-0.3, -0.25) is 9.78 Å². The summed E-state index contributed by atoms with van der Waals surface area (Å²) in [6, 6.07) is 3.72. The van der Waals surface area contributed by atoms with Crippen molar-refractivity contribution in [1.82, 2.24) is 9.88 Å². The molecule has 0 aliphatic carbocycles. The van der Waals surface area contributed by atoms with Crippen molar-refractivity contribution in [2.45, 2.75) is 38.7 Å². The highest BCUT2D eigenvalue weighted by molar-refractivity contribution is 5.92. The van der Waals surface area contributed by atoms with Crippen molar-refractivity contribution in [2.75, 3.05) is 13.1 Å². The lowest BCUT2D eigenvalue weighted by Gasteiger charge is -2.19. The van der Waals surface area contributed by atoms with E-state index >= 15 is 0 Å². The van der Waals surface area contributed by atoms with Crippen LogP contribution in [0.25, 0.3) is 0 Å². The Kier molecular flexibility index (Phi) is 3.39. The van der Waals surface area contributed by atoms with Crippen molar-refractivity contribution < 1.29 is 9.90 Å². The Morgan fingerprint density at radius 1 is 1.44 bits per heavy atom. The second-order valence-electron chi connectivity index (χ2n) is 5.88. The SMILES string of the molecule is CC(C)(C)c1ccc(C(=O)N2CC[C@@H](O)C2)nc1. The molecule has 1 fully saturated rings. The van der Waals surface area contributed by atoms with Crippen molar-refractivity contribution in [3.63, 3.8) is 0 Å². The van der Waals surface area contributed by atoms with Crippen molar-refractivity contribution in [3.05, 3.63) is 29.6 Å². The number of likely N-dealkylation sites (tertiary alicyclic amines) is 1. The molecule has 98 valence electrons. The van der Waals surface area contributed by atoms with Gasteiger partial charge < -0.3 is 10.0 Å². The maximum absolute atomic E-state index is 12.1. The number of hydrogen-bond donors (Lipinski definition) is 1. The first-order valence-electron chi connectivity index (χ1n) is 6.32. The minimum absolute atomic E-state index is 0.0401. The number of aliphatic hydroxyl groups excluding tert-OH is 1. The van der Waals surface area contributed by atoms with Gasteiger partial charge in [0.1, 0.15) is 5.69 Å². The van der Waals surface area contributed by atoms with E-state index in [9.17, 15) is 9.90 Å². The Balaban J connectivity index is 2.12. The fraction of sp³-hybridized carbons (Fsp3) is 0.571. The van der Waals surface area contributed by atoms with Crippen LogP contribution in [0, 0.1) is 0 Å². The second-order valence-corrected chi connectivity index (χ2v) is 5.88.